The summed E-state index contributed by atoms with van der Waals surface area (Å²) in [5.74, 6) is -3.21. The molecule has 0 saturated carbocycles. The number of amides is 4. The van der Waals surface area contributed by atoms with Crippen molar-refractivity contribution < 1.29 is 232 Å². The molecule has 868 valence electrons. The van der Waals surface area contributed by atoms with Gasteiger partial charge < -0.3 is 234 Å². The molecule has 51 heteroatoms. The van der Waals surface area contributed by atoms with Gasteiger partial charge in [-0.25, -0.2) is 0 Å². The van der Waals surface area contributed by atoms with Gasteiger partial charge in [0, 0.05) is 27.2 Å². The molecule has 9 heterocycles. The Kier molecular flexibility index (Phi) is 56.4. The van der Waals surface area contributed by atoms with Gasteiger partial charge in [0.25, 0.3) is 0 Å². The van der Waals surface area contributed by atoms with Gasteiger partial charge in [-0.15, -0.1) is 0 Å². The van der Waals surface area contributed by atoms with Crippen molar-refractivity contribution in [2.45, 2.75) is 522 Å². The third-order valence-corrected chi connectivity index (χ3v) is 28.9. The van der Waals surface area contributed by atoms with Crippen LogP contribution in [0.15, 0.2) is 12.2 Å². The molecule has 0 aromatic rings. The first kappa shape index (κ1) is 128. The molecule has 0 aliphatic carbocycles. The van der Waals surface area contributed by atoms with E-state index in [1.807, 2.05) is 6.08 Å². The van der Waals surface area contributed by atoms with E-state index in [9.17, 15) is 147 Å². The molecule has 9 aliphatic rings. The molecule has 0 aromatic carbocycles. The summed E-state index contributed by atoms with van der Waals surface area (Å²) in [5, 5.41) is 294. The summed E-state index contributed by atoms with van der Waals surface area (Å²) in [6, 6.07) is -6.95. The SMILES string of the molecule is CCCCCCCCCCCCC/C=C/[C@@H](O)[C@H](CO[C@@H]1OC(CO)[C@@H](O[C@@H]2OC(CO)[C@H](O)[C@H](O[C@@H]3OC(CO)[C@@H](O[C@@H]4OC(CO)[C@H](O)[C@H](O[C@@H]5OC(CO)[C@@H](O[C@@H]6OC(CO)[C@H](O)[C@H](O[C@@H]7OC(CO)[C@@H](O[C@@H]8OC(CO)[C@H](O)[C@H](O)C8O)[C@H](O[C@H]8OC(C)[C@@H](O)C(O)[C@@H]8O)C7NC(C)=O)C6O)[C@H](O)C5NC(C)=O)C4O)[C@H](O)C3NC(C)=O)C2O)[C@H](O)C1O)NC(=O)CCCCCCCCCCCCCCCCCCC. The van der Waals surface area contributed by atoms with E-state index in [2.05, 4.69) is 35.1 Å². The number of aliphatic hydroxyl groups excluding tert-OH is 25. The Morgan fingerprint density at radius 3 is 0.919 bits per heavy atom. The quantitative estimate of drug-likeness (QED) is 0.0199. The summed E-state index contributed by atoms with van der Waals surface area (Å²) in [6.07, 6.45) is -49.9. The number of unbranched alkanes of at least 4 members (excludes halogenated alkanes) is 27. The Morgan fingerprint density at radius 2 is 0.550 bits per heavy atom. The second-order valence-electron chi connectivity index (χ2n) is 40.5. The topological polar surface area (TPSA) is 788 Å². The van der Waals surface area contributed by atoms with E-state index in [0.717, 1.165) is 78.6 Å². The zero-order valence-corrected chi connectivity index (χ0v) is 86.0. The average Bonchev–Trinajstić information content (AvgIpc) is 0.638. The Bertz CT molecular complexity index is 3760. The summed E-state index contributed by atoms with van der Waals surface area (Å²) < 4.78 is 108. The molecule has 51 nitrogen and oxygen atoms in total. The molecule has 0 spiro atoms. The smallest absolute Gasteiger partial charge is 0.220 e. The first-order valence-electron chi connectivity index (χ1n) is 53.4. The van der Waals surface area contributed by atoms with Gasteiger partial charge in [-0.05, 0) is 26.2 Å². The Hall–Kier alpha value is -4.10. The maximum Gasteiger partial charge on any atom is 0.220 e. The van der Waals surface area contributed by atoms with Gasteiger partial charge in [0.2, 0.25) is 23.6 Å². The van der Waals surface area contributed by atoms with Gasteiger partial charge in [0.1, 0.15) is 213 Å². The number of hydrogen-bond acceptors (Lipinski definition) is 47. The molecule has 4 amide bonds. The van der Waals surface area contributed by atoms with Crippen LogP contribution in [0.3, 0.4) is 0 Å². The summed E-state index contributed by atoms with van der Waals surface area (Å²) in [4.78, 5) is 53.3. The van der Waals surface area contributed by atoms with Gasteiger partial charge in [-0.2, -0.15) is 0 Å². The molecule has 0 radical (unpaired) electrons. The minimum Gasteiger partial charge on any atom is -0.394 e. The average molecular weight is 2160 g/mol. The molecule has 29 N–H and O–H groups in total. The van der Waals surface area contributed by atoms with Gasteiger partial charge >= 0.3 is 0 Å². The van der Waals surface area contributed by atoms with E-state index in [0.29, 0.717) is 12.8 Å². The van der Waals surface area contributed by atoms with E-state index < -0.39 is 365 Å². The van der Waals surface area contributed by atoms with Crippen LogP contribution in [0.5, 0.6) is 0 Å². The van der Waals surface area contributed by atoms with E-state index in [-0.39, 0.29) is 12.3 Å². The number of hydrogen-bond donors (Lipinski definition) is 29. The molecule has 9 saturated heterocycles. The molecule has 0 bridgehead atoms. The van der Waals surface area contributed by atoms with Gasteiger partial charge in [0.05, 0.1) is 77.7 Å². The second kappa shape index (κ2) is 65.4. The van der Waals surface area contributed by atoms with Crippen LogP contribution in [0, 0.1) is 0 Å². The minimum atomic E-state index is -2.40. The maximum absolute atomic E-state index is 13.7. The van der Waals surface area contributed by atoms with E-state index >= 15 is 0 Å². The monoisotopic (exact) mass is 2160 g/mol. The van der Waals surface area contributed by atoms with Crippen LogP contribution in [0.25, 0.3) is 0 Å². The Morgan fingerprint density at radius 1 is 0.275 bits per heavy atom. The lowest BCUT2D eigenvalue weighted by Gasteiger charge is -2.52. The van der Waals surface area contributed by atoms with Crippen molar-refractivity contribution in [2.75, 3.05) is 59.5 Å². The normalized spacial score (nSPS) is 40.2. The van der Waals surface area contributed by atoms with Crippen LogP contribution in [0.4, 0.5) is 0 Å². The highest BCUT2D eigenvalue weighted by atomic mass is 16.8. The number of nitrogens with one attached hydrogen (secondary N) is 4. The standard InChI is InChI=1S/C98H174N4O47/c1-7-9-11-13-15-17-19-21-22-23-24-26-28-30-32-34-36-38-62(115)102-52(53(114)37-35-33-31-29-27-25-20-18-16-14-12-10-8-2)47-132-93-78(128)75(125)84(60(45-109)141-93)144-98-80(130)88(69(119)56(41-105)137-98)148-91-64(100-50(5)112)71(121)82(58(43-107)139-91)142-96-79(129)87(68(118)55(40-104)135-96)147-90-63(99-49(4)111)72(122)83(59(44-108)138-90)143-97-81(131)89(70(120)57(42-106)136-97)149-92-65(101-51(6)113)86(146-94-76(126)73(123)66(116)48(3)133-94)85(61(46-110)140-92)145-95-77(127)74(124)67(117)54(39-103)134-95/h35,37,48,52-61,63-98,103-110,114,116-131H,7-34,36,38-47H2,1-6H3,(H,99,111)(H,100,112)(H,101,113)(H,102,115)/b37-35+/t48?,52-,53+,54?,55?,56?,57?,58?,59?,60?,61?,63?,64?,65?,66+,67-,68-,69-,70-,71+,72+,73?,74-,75+,76-,77?,78?,79?,80?,81?,82+,83+,84+,85+,86+,87-,88-,89-,90-,91-,92-,93+,94+,95-,96-,97-,98-/m0/s1. The van der Waals surface area contributed by atoms with Gasteiger partial charge in [0.15, 0.2) is 56.6 Å². The minimum absolute atomic E-state index is 0.146. The number of allylic oxidation sites excluding steroid dienone is 1. The van der Waals surface area contributed by atoms with Crippen molar-refractivity contribution in [1.29, 1.82) is 0 Å². The van der Waals surface area contributed by atoms with E-state index in [1.54, 1.807) is 6.08 Å². The summed E-state index contributed by atoms with van der Waals surface area (Å²) in [5.41, 5.74) is 0. The third kappa shape index (κ3) is 36.2. The van der Waals surface area contributed by atoms with E-state index in [1.165, 1.54) is 122 Å². The highest BCUT2D eigenvalue weighted by Gasteiger charge is 2.62. The van der Waals surface area contributed by atoms with Crippen LogP contribution in [0.2, 0.25) is 0 Å². The van der Waals surface area contributed by atoms with Crippen molar-refractivity contribution in [2.24, 2.45) is 0 Å². The summed E-state index contributed by atoms with van der Waals surface area (Å²) in [6.45, 7) is -0.718. The molecular weight excluding hydrogens is 1990 g/mol. The number of carbonyl (C=O) groups is 4. The van der Waals surface area contributed by atoms with Crippen molar-refractivity contribution in [1.82, 2.24) is 21.3 Å². The number of aliphatic hydroxyl groups is 25. The Labute approximate surface area is 867 Å². The Balaban J connectivity index is 0.847. The maximum atomic E-state index is 13.7. The number of ether oxygens (including phenoxy) is 18. The number of rotatable bonds is 63. The van der Waals surface area contributed by atoms with Crippen LogP contribution < -0.4 is 21.3 Å². The van der Waals surface area contributed by atoms with E-state index in [4.69, 9.17) is 85.3 Å². The first-order chi connectivity index (χ1) is 71.4. The first-order valence-corrected chi connectivity index (χ1v) is 53.4. The van der Waals surface area contributed by atoms with Crippen LogP contribution in [-0.2, 0) is 104 Å². The summed E-state index contributed by atoms with van der Waals surface area (Å²) >= 11 is 0. The fourth-order valence-electron chi connectivity index (χ4n) is 20.3. The zero-order chi connectivity index (χ0) is 109. The van der Waals surface area contributed by atoms with Gasteiger partial charge in [-0.1, -0.05) is 193 Å². The van der Waals surface area contributed by atoms with Crippen molar-refractivity contribution >= 4 is 23.6 Å². The molecular formula is C98H174N4O47. The van der Waals surface area contributed by atoms with Crippen LogP contribution in [-0.4, -0.2) is 499 Å². The fraction of sp³-hybridized carbons (Fsp3) is 0.939. The van der Waals surface area contributed by atoms with Crippen molar-refractivity contribution in [3.63, 3.8) is 0 Å². The molecule has 9 fully saturated rings. The second-order valence-corrected chi connectivity index (χ2v) is 40.5. The lowest BCUT2D eigenvalue weighted by atomic mass is 9.93. The molecule has 9 rings (SSSR count). The van der Waals surface area contributed by atoms with Crippen LogP contribution >= 0.6 is 0 Å². The van der Waals surface area contributed by atoms with Crippen molar-refractivity contribution in [3.8, 4) is 0 Å². The van der Waals surface area contributed by atoms with Gasteiger partial charge in [-0.3, -0.25) is 19.2 Å². The fourth-order valence-corrected chi connectivity index (χ4v) is 20.3. The molecule has 149 heavy (non-hydrogen) atoms. The molecule has 0 aromatic heterocycles. The molecule has 18 unspecified atom stereocenters. The largest absolute Gasteiger partial charge is 0.394 e. The zero-order valence-electron chi connectivity index (χ0n) is 86.0. The lowest BCUT2D eigenvalue weighted by Crippen LogP contribution is -2.71. The van der Waals surface area contributed by atoms with Crippen LogP contribution in [0.1, 0.15) is 234 Å². The lowest BCUT2D eigenvalue weighted by molar-refractivity contribution is -0.394. The molecule has 47 atom stereocenters. The highest BCUT2D eigenvalue weighted by Crippen LogP contribution is 2.42. The summed E-state index contributed by atoms with van der Waals surface area (Å²) in [7, 11) is 0. The third-order valence-electron chi connectivity index (χ3n) is 28.9. The molecule has 9 aliphatic heterocycles. The predicted molar refractivity (Wildman–Crippen MR) is 511 cm³/mol. The number of carbonyl (C=O) groups excluding carboxylic acids is 4. The van der Waals surface area contributed by atoms with Crippen molar-refractivity contribution in [3.05, 3.63) is 12.2 Å². The predicted octanol–water partition coefficient (Wildman–Crippen LogP) is -7.00. The highest BCUT2D eigenvalue weighted by molar-refractivity contribution is 5.76.